The molecule has 0 radical (unpaired) electrons. The van der Waals surface area contributed by atoms with Crippen LogP contribution in [0.1, 0.15) is 44.1 Å². The molecular weight excluding hydrogens is 410 g/mol. The van der Waals surface area contributed by atoms with Crippen molar-refractivity contribution < 1.29 is 13.2 Å². The monoisotopic (exact) mass is 441 g/mol. The van der Waals surface area contributed by atoms with Gasteiger partial charge in [0.25, 0.3) is 0 Å². The first-order chi connectivity index (χ1) is 15.0. The Morgan fingerprint density at radius 1 is 0.903 bits per heavy atom. The largest absolute Gasteiger partial charge is 0.376 e. The lowest BCUT2D eigenvalue weighted by atomic mass is 9.96. The molecule has 1 heterocycles. The minimum absolute atomic E-state index is 0.0662. The molecule has 2 aliphatic rings. The number of rotatable bonds is 8. The highest BCUT2D eigenvalue weighted by Crippen LogP contribution is 2.47. The van der Waals surface area contributed by atoms with Crippen molar-refractivity contribution in [2.45, 2.75) is 48.8 Å². The third-order valence-corrected chi connectivity index (χ3v) is 8.29. The first-order valence-electron chi connectivity index (χ1n) is 11.2. The Morgan fingerprint density at radius 3 is 2.16 bits per heavy atom. The highest BCUT2D eigenvalue weighted by Gasteiger charge is 2.44. The topological polar surface area (TPSA) is 78.5 Å². The van der Waals surface area contributed by atoms with E-state index in [1.807, 2.05) is 18.2 Å². The molecule has 31 heavy (non-hydrogen) atoms. The van der Waals surface area contributed by atoms with Crippen LogP contribution in [0.5, 0.6) is 0 Å². The van der Waals surface area contributed by atoms with E-state index in [-0.39, 0.29) is 17.9 Å². The average Bonchev–Trinajstić information content (AvgIpc) is 3.62. The van der Waals surface area contributed by atoms with E-state index in [1.165, 1.54) is 5.56 Å². The van der Waals surface area contributed by atoms with Crippen LogP contribution in [-0.4, -0.2) is 44.8 Å². The first-order valence-corrected chi connectivity index (χ1v) is 12.6. The lowest BCUT2D eigenvalue weighted by Gasteiger charge is -2.20. The van der Waals surface area contributed by atoms with Crippen LogP contribution in [0.25, 0.3) is 0 Å². The summed E-state index contributed by atoms with van der Waals surface area (Å²) in [4.78, 5) is 12.6. The second kappa shape index (κ2) is 9.40. The molecule has 0 bridgehead atoms. The van der Waals surface area contributed by atoms with Crippen molar-refractivity contribution in [2.75, 3.05) is 31.5 Å². The molecule has 1 amide bonds. The van der Waals surface area contributed by atoms with Crippen molar-refractivity contribution >= 4 is 21.6 Å². The van der Waals surface area contributed by atoms with Crippen LogP contribution in [0.3, 0.4) is 0 Å². The smallest absolute Gasteiger partial charge is 0.243 e. The molecular formula is C24H31N3O3S. The number of nitrogens with zero attached hydrogens (tertiary/aromatic N) is 1. The number of benzene rings is 2. The Balaban J connectivity index is 1.28. The molecule has 0 atom stereocenters. The minimum Gasteiger partial charge on any atom is -0.376 e. The van der Waals surface area contributed by atoms with Crippen molar-refractivity contribution in [3.63, 3.8) is 0 Å². The van der Waals surface area contributed by atoms with Crippen LogP contribution in [0.15, 0.2) is 59.5 Å². The third-order valence-electron chi connectivity index (χ3n) is 6.37. The number of hydrogen-bond acceptors (Lipinski definition) is 4. The highest BCUT2D eigenvalue weighted by molar-refractivity contribution is 7.89. The van der Waals surface area contributed by atoms with Crippen LogP contribution in [0.2, 0.25) is 0 Å². The van der Waals surface area contributed by atoms with Crippen molar-refractivity contribution in [2.24, 2.45) is 0 Å². The molecule has 166 valence electrons. The summed E-state index contributed by atoms with van der Waals surface area (Å²) in [5.74, 6) is -0.0662. The maximum atomic E-state index is 12.9. The Labute approximate surface area is 185 Å². The van der Waals surface area contributed by atoms with Crippen molar-refractivity contribution in [3.8, 4) is 0 Å². The van der Waals surface area contributed by atoms with E-state index in [4.69, 9.17) is 0 Å². The van der Waals surface area contributed by atoms with Gasteiger partial charge in [0, 0.05) is 30.7 Å². The maximum Gasteiger partial charge on any atom is 0.243 e. The molecule has 4 rings (SSSR count). The third kappa shape index (κ3) is 5.28. The summed E-state index contributed by atoms with van der Waals surface area (Å²) in [6, 6.07) is 17.0. The fourth-order valence-electron chi connectivity index (χ4n) is 4.20. The number of anilines is 1. The number of amides is 1. The van der Waals surface area contributed by atoms with Gasteiger partial charge in [-0.15, -0.1) is 0 Å². The van der Waals surface area contributed by atoms with Crippen molar-refractivity contribution in [1.29, 1.82) is 0 Å². The second-order valence-electron chi connectivity index (χ2n) is 8.62. The Hall–Kier alpha value is -2.38. The predicted octanol–water partition coefficient (Wildman–Crippen LogP) is 3.51. The molecule has 0 spiro atoms. The molecule has 2 fully saturated rings. The Bertz CT molecular complexity index is 978. The highest BCUT2D eigenvalue weighted by atomic mass is 32.2. The summed E-state index contributed by atoms with van der Waals surface area (Å²) in [5.41, 5.74) is 2.10. The molecule has 2 N–H and O–H groups in total. The Morgan fingerprint density at radius 2 is 1.55 bits per heavy atom. The van der Waals surface area contributed by atoms with E-state index in [0.717, 1.165) is 44.2 Å². The van der Waals surface area contributed by atoms with Crippen LogP contribution in [0, 0.1) is 0 Å². The van der Waals surface area contributed by atoms with E-state index in [0.29, 0.717) is 24.5 Å². The first kappa shape index (κ1) is 21.8. The molecule has 2 aromatic carbocycles. The number of nitrogens with one attached hydrogen (secondary N) is 2. The fourth-order valence-corrected chi connectivity index (χ4v) is 5.72. The summed E-state index contributed by atoms with van der Waals surface area (Å²) < 4.78 is 27.3. The van der Waals surface area contributed by atoms with Crippen LogP contribution in [-0.2, 0) is 20.2 Å². The van der Waals surface area contributed by atoms with Gasteiger partial charge >= 0.3 is 0 Å². The standard InChI is InChI=1S/C24H31N3O3S/c28-23(26-19-24(14-15-24)20-8-4-3-5-9-20)18-25-21-10-12-22(13-11-21)31(29,30)27-16-6-1-2-7-17-27/h3-5,8-13,25H,1-2,6-7,14-19H2,(H,26,28). The average molecular weight is 442 g/mol. The fraction of sp³-hybridized carbons (Fsp3) is 0.458. The van der Waals surface area contributed by atoms with Gasteiger partial charge in [0.2, 0.25) is 15.9 Å². The Kier molecular flexibility index (Phi) is 6.62. The molecule has 6 nitrogen and oxygen atoms in total. The molecule has 2 aromatic rings. The van der Waals surface area contributed by atoms with Gasteiger partial charge in [-0.1, -0.05) is 43.2 Å². The van der Waals surface area contributed by atoms with Gasteiger partial charge in [0.05, 0.1) is 11.4 Å². The number of carbonyl (C=O) groups is 1. The van der Waals surface area contributed by atoms with Gasteiger partial charge in [-0.2, -0.15) is 4.31 Å². The molecule has 7 heteroatoms. The van der Waals surface area contributed by atoms with Gasteiger partial charge < -0.3 is 10.6 Å². The molecule has 1 saturated heterocycles. The molecule has 1 aliphatic heterocycles. The summed E-state index contributed by atoms with van der Waals surface area (Å²) in [5, 5.41) is 6.12. The van der Waals surface area contributed by atoms with Gasteiger partial charge in [-0.3, -0.25) is 4.79 Å². The molecule has 1 aliphatic carbocycles. The molecule has 0 unspecified atom stereocenters. The van der Waals surface area contributed by atoms with Crippen molar-refractivity contribution in [1.82, 2.24) is 9.62 Å². The summed E-state index contributed by atoms with van der Waals surface area (Å²) in [6.07, 6.45) is 6.20. The van der Waals surface area contributed by atoms with E-state index in [2.05, 4.69) is 22.8 Å². The zero-order valence-corrected chi connectivity index (χ0v) is 18.7. The maximum absolute atomic E-state index is 12.9. The van der Waals surface area contributed by atoms with E-state index in [1.54, 1.807) is 28.6 Å². The van der Waals surface area contributed by atoms with E-state index >= 15 is 0 Å². The predicted molar refractivity (Wildman–Crippen MR) is 123 cm³/mol. The number of carbonyl (C=O) groups excluding carboxylic acids is 1. The minimum atomic E-state index is -3.45. The van der Waals surface area contributed by atoms with Crippen LogP contribution < -0.4 is 10.6 Å². The molecule has 1 saturated carbocycles. The molecule has 0 aromatic heterocycles. The quantitative estimate of drug-likeness (QED) is 0.657. The summed E-state index contributed by atoms with van der Waals surface area (Å²) in [7, 11) is -3.45. The lowest BCUT2D eigenvalue weighted by Crippen LogP contribution is -2.36. The zero-order chi connectivity index (χ0) is 21.7. The SMILES string of the molecule is O=C(CNc1ccc(S(=O)(=O)N2CCCCCC2)cc1)NCC1(c2ccccc2)CC1. The zero-order valence-electron chi connectivity index (χ0n) is 17.8. The van der Waals surface area contributed by atoms with E-state index < -0.39 is 10.0 Å². The van der Waals surface area contributed by atoms with Gasteiger partial charge in [-0.25, -0.2) is 8.42 Å². The summed E-state index contributed by atoms with van der Waals surface area (Å²) >= 11 is 0. The van der Waals surface area contributed by atoms with Gasteiger partial charge in [0.1, 0.15) is 0 Å². The number of sulfonamides is 1. The van der Waals surface area contributed by atoms with E-state index in [9.17, 15) is 13.2 Å². The van der Waals surface area contributed by atoms with Gasteiger partial charge in [-0.05, 0) is 55.5 Å². The van der Waals surface area contributed by atoms with Crippen LogP contribution >= 0.6 is 0 Å². The van der Waals surface area contributed by atoms with Crippen LogP contribution in [0.4, 0.5) is 5.69 Å². The lowest BCUT2D eigenvalue weighted by molar-refractivity contribution is -0.119. The number of hydrogen-bond donors (Lipinski definition) is 2. The summed E-state index contributed by atoms with van der Waals surface area (Å²) in [6.45, 7) is 1.98. The second-order valence-corrected chi connectivity index (χ2v) is 10.6. The van der Waals surface area contributed by atoms with Crippen molar-refractivity contribution in [3.05, 3.63) is 60.2 Å². The normalized spacial score (nSPS) is 18.7. The van der Waals surface area contributed by atoms with Gasteiger partial charge in [0.15, 0.2) is 0 Å².